The number of nitrogens with one attached hydrogen (secondary N) is 3. The summed E-state index contributed by atoms with van der Waals surface area (Å²) in [6.45, 7) is 2.98. The molecule has 2 aliphatic rings. The van der Waals surface area contributed by atoms with Crippen molar-refractivity contribution in [2.45, 2.75) is 57.0 Å². The molecule has 1 aromatic heterocycles. The molecule has 1 unspecified atom stereocenters. The van der Waals surface area contributed by atoms with E-state index in [2.05, 4.69) is 20.9 Å². The summed E-state index contributed by atoms with van der Waals surface area (Å²) in [5.74, 6) is -4.49. The number of hydrogen-bond donors (Lipinski definition) is 3. The molecule has 0 bridgehead atoms. The van der Waals surface area contributed by atoms with Gasteiger partial charge in [-0.25, -0.2) is 17.6 Å². The van der Waals surface area contributed by atoms with E-state index in [0.717, 1.165) is 18.3 Å². The zero-order valence-electron chi connectivity index (χ0n) is 26.4. The SMILES string of the molecule is CC(=O)NC1CCN(S(=O)(=O)N2CCNC[C@@H]2CCc2c(F)cncc2NC(=O)CC(c2ccc(F)cc2)c2cc(F)cc(F)c2)CC1. The number of anilines is 1. The molecule has 5 rings (SSSR count). The maximum Gasteiger partial charge on any atom is 0.282 e. The van der Waals surface area contributed by atoms with Gasteiger partial charge in [0.05, 0.1) is 18.1 Å². The average molecular weight is 691 g/mol. The van der Waals surface area contributed by atoms with Crippen molar-refractivity contribution in [1.29, 1.82) is 0 Å². The number of halogens is 4. The number of benzene rings is 2. The molecule has 0 radical (unpaired) electrons. The number of piperidine rings is 1. The Morgan fingerprint density at radius 1 is 0.958 bits per heavy atom. The molecule has 10 nitrogen and oxygen atoms in total. The van der Waals surface area contributed by atoms with Crippen LogP contribution in [0, 0.1) is 23.3 Å². The minimum atomic E-state index is -3.84. The topological polar surface area (TPSA) is 124 Å². The number of pyridine rings is 1. The highest BCUT2D eigenvalue weighted by Gasteiger charge is 2.38. The number of carbonyl (C=O) groups is 2. The van der Waals surface area contributed by atoms with Crippen LogP contribution in [0.15, 0.2) is 54.9 Å². The van der Waals surface area contributed by atoms with Crippen molar-refractivity contribution in [3.8, 4) is 0 Å². The van der Waals surface area contributed by atoms with Gasteiger partial charge in [-0.15, -0.1) is 0 Å². The van der Waals surface area contributed by atoms with Crippen LogP contribution in [0.4, 0.5) is 23.2 Å². The third kappa shape index (κ3) is 8.75. The number of piperazine rings is 1. The summed E-state index contributed by atoms with van der Waals surface area (Å²) in [6.07, 6.45) is 3.30. The molecule has 2 amide bonds. The Morgan fingerprint density at radius 3 is 2.31 bits per heavy atom. The van der Waals surface area contributed by atoms with Crippen molar-refractivity contribution < 1.29 is 35.6 Å². The molecule has 0 saturated carbocycles. The van der Waals surface area contributed by atoms with Crippen molar-refractivity contribution >= 4 is 27.7 Å². The van der Waals surface area contributed by atoms with Crippen LogP contribution in [0.3, 0.4) is 0 Å². The van der Waals surface area contributed by atoms with Crippen molar-refractivity contribution in [3.05, 3.63) is 94.8 Å². The fourth-order valence-corrected chi connectivity index (χ4v) is 8.23. The molecular formula is C33H38F4N6O4S. The number of carbonyl (C=O) groups excluding carboxylic acids is 2. The van der Waals surface area contributed by atoms with Gasteiger partial charge in [-0.3, -0.25) is 14.6 Å². The van der Waals surface area contributed by atoms with Crippen LogP contribution in [0.5, 0.6) is 0 Å². The number of aromatic nitrogens is 1. The van der Waals surface area contributed by atoms with Gasteiger partial charge < -0.3 is 16.0 Å². The first-order valence-corrected chi connectivity index (χ1v) is 17.2. The fourth-order valence-electron chi connectivity index (χ4n) is 6.38. The van der Waals surface area contributed by atoms with Crippen LogP contribution in [0.2, 0.25) is 0 Å². The summed E-state index contributed by atoms with van der Waals surface area (Å²) in [6, 6.07) is 7.54. The minimum Gasteiger partial charge on any atom is -0.354 e. The highest BCUT2D eigenvalue weighted by atomic mass is 32.2. The highest BCUT2D eigenvalue weighted by Crippen LogP contribution is 2.31. The van der Waals surface area contributed by atoms with Gasteiger partial charge in [0.2, 0.25) is 11.8 Å². The van der Waals surface area contributed by atoms with Crippen LogP contribution in [-0.2, 0) is 26.2 Å². The number of nitrogens with zero attached hydrogens (tertiary/aromatic N) is 3. The number of amides is 2. The quantitative estimate of drug-likeness (QED) is 0.263. The molecule has 15 heteroatoms. The smallest absolute Gasteiger partial charge is 0.282 e. The lowest BCUT2D eigenvalue weighted by Crippen LogP contribution is -2.59. The van der Waals surface area contributed by atoms with Crippen LogP contribution < -0.4 is 16.0 Å². The summed E-state index contributed by atoms with van der Waals surface area (Å²) in [7, 11) is -3.84. The van der Waals surface area contributed by atoms with Gasteiger partial charge in [0.15, 0.2) is 0 Å². The molecule has 2 fully saturated rings. The molecular weight excluding hydrogens is 652 g/mol. The maximum atomic E-state index is 15.2. The van der Waals surface area contributed by atoms with E-state index in [1.165, 1.54) is 46.0 Å². The highest BCUT2D eigenvalue weighted by molar-refractivity contribution is 7.86. The first-order valence-electron chi connectivity index (χ1n) is 15.8. The lowest BCUT2D eigenvalue weighted by Gasteiger charge is -2.40. The Balaban J connectivity index is 1.29. The number of hydrogen-bond acceptors (Lipinski definition) is 6. The van der Waals surface area contributed by atoms with Gasteiger partial charge in [0.25, 0.3) is 10.2 Å². The lowest BCUT2D eigenvalue weighted by atomic mass is 9.88. The molecule has 2 saturated heterocycles. The lowest BCUT2D eigenvalue weighted by molar-refractivity contribution is -0.120. The Morgan fingerprint density at radius 2 is 1.65 bits per heavy atom. The summed E-state index contributed by atoms with van der Waals surface area (Å²) in [4.78, 5) is 28.7. The van der Waals surface area contributed by atoms with Gasteiger partial charge in [-0.2, -0.15) is 17.0 Å². The minimum absolute atomic E-state index is 0.0729. The molecule has 0 spiro atoms. The van der Waals surface area contributed by atoms with E-state index in [1.807, 2.05) is 0 Å². The van der Waals surface area contributed by atoms with E-state index in [4.69, 9.17) is 0 Å². The van der Waals surface area contributed by atoms with Gasteiger partial charge in [-0.1, -0.05) is 12.1 Å². The van der Waals surface area contributed by atoms with Crippen molar-refractivity contribution in [1.82, 2.24) is 24.2 Å². The van der Waals surface area contributed by atoms with E-state index in [-0.39, 0.29) is 67.7 Å². The van der Waals surface area contributed by atoms with Gasteiger partial charge in [0, 0.05) is 75.7 Å². The predicted octanol–water partition coefficient (Wildman–Crippen LogP) is 3.85. The molecule has 0 aliphatic carbocycles. The average Bonchev–Trinajstić information content (AvgIpc) is 3.03. The third-order valence-electron chi connectivity index (χ3n) is 8.74. The summed E-state index contributed by atoms with van der Waals surface area (Å²) >= 11 is 0. The van der Waals surface area contributed by atoms with E-state index < -0.39 is 51.3 Å². The molecule has 2 aromatic carbocycles. The fraction of sp³-hybridized carbons (Fsp3) is 0.424. The Bertz CT molecular complexity index is 1700. The largest absolute Gasteiger partial charge is 0.354 e. The van der Waals surface area contributed by atoms with Gasteiger partial charge >= 0.3 is 0 Å². The van der Waals surface area contributed by atoms with Gasteiger partial charge in [0.1, 0.15) is 23.3 Å². The molecule has 2 aliphatic heterocycles. The van der Waals surface area contributed by atoms with Crippen LogP contribution in [0.25, 0.3) is 0 Å². The summed E-state index contributed by atoms with van der Waals surface area (Å²) in [5, 5.41) is 8.72. The second kappa shape index (κ2) is 15.5. The monoisotopic (exact) mass is 690 g/mol. The van der Waals surface area contributed by atoms with Crippen LogP contribution in [-0.4, -0.2) is 78.6 Å². The van der Waals surface area contributed by atoms with Crippen molar-refractivity contribution in [2.24, 2.45) is 0 Å². The molecule has 258 valence electrons. The Kier molecular flexibility index (Phi) is 11.5. The molecule has 3 N–H and O–H groups in total. The summed E-state index contributed by atoms with van der Waals surface area (Å²) < 4.78 is 87.4. The second-order valence-corrected chi connectivity index (χ2v) is 14.0. The molecule has 3 heterocycles. The van der Waals surface area contributed by atoms with Crippen molar-refractivity contribution in [2.75, 3.05) is 38.0 Å². The van der Waals surface area contributed by atoms with E-state index in [0.29, 0.717) is 37.6 Å². The zero-order chi connectivity index (χ0) is 34.4. The first kappa shape index (κ1) is 35.4. The predicted molar refractivity (Wildman–Crippen MR) is 171 cm³/mol. The van der Waals surface area contributed by atoms with E-state index in [1.54, 1.807) is 0 Å². The van der Waals surface area contributed by atoms with Gasteiger partial charge in [-0.05, 0) is 61.1 Å². The normalized spacial score (nSPS) is 18.7. The standard InChI is InChI=1S/C33H38F4N6O4S/c1-21(44)40-27-8-11-42(12-9-27)48(46,47)43-13-10-38-18-28(43)6-7-29-31(37)19-39-20-32(29)41-33(45)17-30(22-2-4-24(34)5-3-22)23-14-25(35)16-26(36)15-23/h2-5,14-16,19-20,27-28,30,38H,6-13,17-18H2,1H3,(H,40,44)(H,41,45)/t28-,30?/m0/s1. The maximum absolute atomic E-state index is 15.2. The third-order valence-corrected chi connectivity index (χ3v) is 10.8. The Hall–Kier alpha value is -3.92. The first-order chi connectivity index (χ1) is 22.9. The van der Waals surface area contributed by atoms with Crippen LogP contribution >= 0.6 is 0 Å². The van der Waals surface area contributed by atoms with E-state index in [9.17, 15) is 31.2 Å². The van der Waals surface area contributed by atoms with E-state index >= 15 is 4.39 Å². The summed E-state index contributed by atoms with van der Waals surface area (Å²) in [5.41, 5.74) is 0.825. The zero-order valence-corrected chi connectivity index (χ0v) is 27.2. The number of rotatable bonds is 11. The molecule has 48 heavy (non-hydrogen) atoms. The molecule has 2 atom stereocenters. The van der Waals surface area contributed by atoms with Crippen LogP contribution in [0.1, 0.15) is 55.2 Å². The second-order valence-electron chi connectivity index (χ2n) is 12.1. The Labute approximate surface area is 277 Å². The van der Waals surface area contributed by atoms with Crippen molar-refractivity contribution in [3.63, 3.8) is 0 Å². The molecule has 3 aromatic rings.